The molecular formula is C20H24N6O4S2. The number of thiophene rings is 1. The number of thioether (sulfide) groups is 1. The number of ether oxygens (including phenoxy) is 1. The number of alkyl carbamates (subject to hydrolysis) is 1. The number of fused-ring (bicyclic) bond motifs is 1. The van der Waals surface area contributed by atoms with E-state index in [4.69, 9.17) is 4.74 Å². The fourth-order valence-corrected chi connectivity index (χ4v) is 5.21. The van der Waals surface area contributed by atoms with Gasteiger partial charge in [-0.05, 0) is 31.5 Å². The van der Waals surface area contributed by atoms with Gasteiger partial charge in [0.15, 0.2) is 5.37 Å². The molecule has 0 aliphatic carbocycles. The van der Waals surface area contributed by atoms with E-state index >= 15 is 0 Å². The monoisotopic (exact) mass is 476 g/mol. The smallest absolute Gasteiger partial charge is 0.414 e. The van der Waals surface area contributed by atoms with Crippen molar-refractivity contribution in [2.24, 2.45) is 0 Å². The average Bonchev–Trinajstić information content (AvgIpc) is 3.41. The standard InChI is InChI=1S/C20H24N6O4S2/c1-3-30-20(29)24-15(27)12-5-11-31-17(12)23-16(28)19-22-14-13(4-6-21-18(14)32-19)26-9-7-25(2)8-10-26/h4-6,11,19,22H,3,7-10H2,1-2H3,(H,23,28)(H,24,27,29). The van der Waals surface area contributed by atoms with Crippen molar-refractivity contribution < 1.29 is 19.1 Å². The Morgan fingerprint density at radius 1 is 1.25 bits per heavy atom. The second-order valence-corrected chi connectivity index (χ2v) is 9.28. The first-order valence-electron chi connectivity index (χ1n) is 10.2. The Bertz CT molecular complexity index is 1020. The van der Waals surface area contributed by atoms with Gasteiger partial charge in [0, 0.05) is 32.4 Å². The number of pyridine rings is 1. The van der Waals surface area contributed by atoms with E-state index in [0.717, 1.165) is 42.6 Å². The fourth-order valence-electron chi connectivity index (χ4n) is 3.45. The molecule has 1 fully saturated rings. The molecule has 2 aliphatic heterocycles. The zero-order valence-corrected chi connectivity index (χ0v) is 19.3. The molecule has 0 aromatic carbocycles. The van der Waals surface area contributed by atoms with Crippen LogP contribution in [0.2, 0.25) is 0 Å². The molecule has 1 atom stereocenters. The van der Waals surface area contributed by atoms with Crippen molar-refractivity contribution in [3.05, 3.63) is 29.3 Å². The maximum Gasteiger partial charge on any atom is 0.414 e. The quantitative estimate of drug-likeness (QED) is 0.597. The average molecular weight is 477 g/mol. The fraction of sp³-hybridized carbons (Fsp3) is 0.400. The van der Waals surface area contributed by atoms with Gasteiger partial charge in [-0.2, -0.15) is 0 Å². The van der Waals surface area contributed by atoms with E-state index in [1.807, 2.05) is 6.07 Å². The van der Waals surface area contributed by atoms with Crippen molar-refractivity contribution in [1.82, 2.24) is 15.2 Å². The van der Waals surface area contributed by atoms with Crippen LogP contribution in [0.15, 0.2) is 28.7 Å². The van der Waals surface area contributed by atoms with Crippen molar-refractivity contribution in [3.63, 3.8) is 0 Å². The molecule has 1 unspecified atom stereocenters. The Hall–Kier alpha value is -2.83. The lowest BCUT2D eigenvalue weighted by atomic mass is 10.2. The summed E-state index contributed by atoms with van der Waals surface area (Å²) in [5, 5.41) is 10.4. The highest BCUT2D eigenvalue weighted by molar-refractivity contribution is 8.01. The summed E-state index contributed by atoms with van der Waals surface area (Å²) in [4.78, 5) is 45.8. The lowest BCUT2D eigenvalue weighted by Crippen LogP contribution is -2.44. The lowest BCUT2D eigenvalue weighted by Gasteiger charge is -2.34. The molecule has 0 bridgehead atoms. The van der Waals surface area contributed by atoms with E-state index in [2.05, 4.69) is 37.8 Å². The molecule has 2 aliphatic rings. The van der Waals surface area contributed by atoms with E-state index in [1.54, 1.807) is 24.6 Å². The highest BCUT2D eigenvalue weighted by Crippen LogP contribution is 2.43. The van der Waals surface area contributed by atoms with Crippen LogP contribution in [0, 0.1) is 0 Å². The van der Waals surface area contributed by atoms with E-state index < -0.39 is 17.4 Å². The third kappa shape index (κ3) is 4.81. The molecule has 0 saturated carbocycles. The van der Waals surface area contributed by atoms with Crippen LogP contribution in [0.3, 0.4) is 0 Å². The lowest BCUT2D eigenvalue weighted by molar-refractivity contribution is -0.115. The highest BCUT2D eigenvalue weighted by Gasteiger charge is 2.33. The molecule has 170 valence electrons. The Labute approximate surface area is 193 Å². The molecular weight excluding hydrogens is 452 g/mol. The Morgan fingerprint density at radius 3 is 2.78 bits per heavy atom. The maximum atomic E-state index is 13.0. The van der Waals surface area contributed by atoms with Gasteiger partial charge in [-0.1, -0.05) is 11.8 Å². The molecule has 3 amide bonds. The number of imide groups is 1. The second kappa shape index (κ2) is 9.76. The predicted octanol–water partition coefficient (Wildman–Crippen LogP) is 2.26. The molecule has 10 nitrogen and oxygen atoms in total. The number of hydrogen-bond acceptors (Lipinski definition) is 10. The molecule has 4 heterocycles. The molecule has 32 heavy (non-hydrogen) atoms. The second-order valence-electron chi connectivity index (χ2n) is 7.27. The number of amides is 3. The normalized spacial score (nSPS) is 17.9. The largest absolute Gasteiger partial charge is 0.450 e. The molecule has 2 aromatic rings. The number of nitrogens with one attached hydrogen (secondary N) is 3. The molecule has 2 aromatic heterocycles. The molecule has 1 saturated heterocycles. The first-order chi connectivity index (χ1) is 15.5. The maximum absolute atomic E-state index is 13.0. The van der Waals surface area contributed by atoms with Crippen LogP contribution in [0.5, 0.6) is 0 Å². The van der Waals surface area contributed by atoms with Gasteiger partial charge in [0.1, 0.15) is 10.0 Å². The number of piperazine rings is 1. The van der Waals surface area contributed by atoms with Crippen LogP contribution < -0.4 is 20.9 Å². The van der Waals surface area contributed by atoms with Gasteiger partial charge in [-0.15, -0.1) is 11.3 Å². The number of anilines is 3. The summed E-state index contributed by atoms with van der Waals surface area (Å²) in [6, 6.07) is 3.51. The van der Waals surface area contributed by atoms with Crippen LogP contribution in [0.4, 0.5) is 21.2 Å². The number of carbonyl (C=O) groups is 3. The number of nitrogens with zero attached hydrogens (tertiary/aromatic N) is 3. The SMILES string of the molecule is CCOC(=O)NC(=O)c1ccsc1NC(=O)C1Nc2c(N3CCN(C)CC3)ccnc2S1. The minimum Gasteiger partial charge on any atom is -0.450 e. The number of hydrogen-bond donors (Lipinski definition) is 3. The highest BCUT2D eigenvalue weighted by atomic mass is 32.2. The molecule has 0 spiro atoms. The van der Waals surface area contributed by atoms with Gasteiger partial charge < -0.3 is 25.2 Å². The third-order valence-electron chi connectivity index (χ3n) is 5.12. The van der Waals surface area contributed by atoms with Crippen LogP contribution in [-0.2, 0) is 9.53 Å². The minimum atomic E-state index is -0.827. The molecule has 12 heteroatoms. The minimum absolute atomic E-state index is 0.154. The van der Waals surface area contributed by atoms with E-state index in [0.29, 0.717) is 5.00 Å². The Morgan fingerprint density at radius 2 is 2.03 bits per heavy atom. The predicted molar refractivity (Wildman–Crippen MR) is 125 cm³/mol. The summed E-state index contributed by atoms with van der Waals surface area (Å²) in [7, 11) is 2.11. The van der Waals surface area contributed by atoms with E-state index in [-0.39, 0.29) is 18.1 Å². The van der Waals surface area contributed by atoms with Crippen LogP contribution in [0.1, 0.15) is 17.3 Å². The Balaban J connectivity index is 1.42. The topological polar surface area (TPSA) is 116 Å². The van der Waals surface area contributed by atoms with Gasteiger partial charge in [-0.3, -0.25) is 14.9 Å². The summed E-state index contributed by atoms with van der Waals surface area (Å²) in [6.45, 7) is 5.57. The van der Waals surface area contributed by atoms with E-state index in [1.165, 1.54) is 23.1 Å². The van der Waals surface area contributed by atoms with Gasteiger partial charge >= 0.3 is 6.09 Å². The number of aromatic nitrogens is 1. The molecule has 4 rings (SSSR count). The number of carbonyl (C=O) groups excluding carboxylic acids is 3. The first-order valence-corrected chi connectivity index (χ1v) is 11.9. The summed E-state index contributed by atoms with van der Waals surface area (Å²) in [5.74, 6) is -0.931. The summed E-state index contributed by atoms with van der Waals surface area (Å²) in [6.07, 6.45) is 0.936. The van der Waals surface area contributed by atoms with Crippen LogP contribution in [-0.4, -0.2) is 73.0 Å². The zero-order chi connectivity index (χ0) is 22.7. The van der Waals surface area contributed by atoms with Crippen molar-refractivity contribution in [1.29, 1.82) is 0 Å². The van der Waals surface area contributed by atoms with Crippen LogP contribution in [0.25, 0.3) is 0 Å². The Kier molecular flexibility index (Phi) is 6.82. The molecule has 0 radical (unpaired) electrons. The number of rotatable bonds is 5. The number of likely N-dealkylation sites (N-methyl/N-ethyl adjacent to an activating group) is 1. The molecule has 3 N–H and O–H groups in total. The summed E-state index contributed by atoms with van der Waals surface area (Å²) < 4.78 is 4.73. The zero-order valence-electron chi connectivity index (χ0n) is 17.7. The first kappa shape index (κ1) is 22.4. The summed E-state index contributed by atoms with van der Waals surface area (Å²) in [5.41, 5.74) is 2.10. The van der Waals surface area contributed by atoms with Crippen molar-refractivity contribution in [2.45, 2.75) is 17.3 Å². The van der Waals surface area contributed by atoms with Crippen LogP contribution >= 0.6 is 23.1 Å². The van der Waals surface area contributed by atoms with Gasteiger partial charge in [-0.25, -0.2) is 9.78 Å². The van der Waals surface area contributed by atoms with Gasteiger partial charge in [0.05, 0.1) is 23.5 Å². The van der Waals surface area contributed by atoms with Gasteiger partial charge in [0.2, 0.25) is 0 Å². The van der Waals surface area contributed by atoms with E-state index in [9.17, 15) is 14.4 Å². The van der Waals surface area contributed by atoms with Crippen molar-refractivity contribution in [2.75, 3.05) is 55.4 Å². The van der Waals surface area contributed by atoms with Crippen molar-refractivity contribution in [3.8, 4) is 0 Å². The summed E-state index contributed by atoms with van der Waals surface area (Å²) >= 11 is 2.54. The van der Waals surface area contributed by atoms with Gasteiger partial charge in [0.25, 0.3) is 11.8 Å². The third-order valence-corrected chi connectivity index (χ3v) is 7.05. The van der Waals surface area contributed by atoms with Crippen molar-refractivity contribution >= 4 is 57.4 Å².